The molecule has 0 saturated heterocycles. The van der Waals surface area contributed by atoms with Gasteiger partial charge in [0.1, 0.15) is 5.82 Å². The minimum absolute atomic E-state index is 0.0288. The zero-order valence-electron chi connectivity index (χ0n) is 9.89. The molecule has 0 amide bonds. The fraction of sp³-hybridized carbons (Fsp3) is 0.250. The summed E-state index contributed by atoms with van der Waals surface area (Å²) < 4.78 is 18.9. The highest BCUT2D eigenvalue weighted by atomic mass is 35.5. The van der Waals surface area contributed by atoms with E-state index in [1.165, 1.54) is 6.07 Å². The normalized spacial score (nSPS) is 10.7. The Bertz CT molecular complexity index is 563. The third kappa shape index (κ3) is 2.92. The second kappa shape index (κ2) is 5.27. The van der Waals surface area contributed by atoms with Gasteiger partial charge in [0.2, 0.25) is 5.28 Å². The summed E-state index contributed by atoms with van der Waals surface area (Å²) in [7, 11) is 0. The van der Waals surface area contributed by atoms with Gasteiger partial charge >= 0.3 is 6.01 Å². The van der Waals surface area contributed by atoms with E-state index in [2.05, 4.69) is 15.0 Å². The van der Waals surface area contributed by atoms with E-state index in [0.717, 1.165) is 0 Å². The van der Waals surface area contributed by atoms with Crippen LogP contribution in [0.25, 0.3) is 11.4 Å². The predicted molar refractivity (Wildman–Crippen MR) is 66.0 cm³/mol. The van der Waals surface area contributed by atoms with E-state index in [1.54, 1.807) is 18.2 Å². The molecule has 0 aliphatic carbocycles. The van der Waals surface area contributed by atoms with Crippen LogP contribution in [0.2, 0.25) is 5.28 Å². The Hall–Kier alpha value is -1.75. The summed E-state index contributed by atoms with van der Waals surface area (Å²) in [5.74, 6) is -0.265. The standard InChI is InChI=1S/C12H11ClFN3O/c1-7(2)18-12-16-10(15-11(13)17-12)8-5-3-4-6-9(8)14/h3-7H,1-2H3. The maximum absolute atomic E-state index is 13.6. The third-order valence-corrected chi connectivity index (χ3v) is 2.21. The van der Waals surface area contributed by atoms with Gasteiger partial charge in [-0.15, -0.1) is 0 Å². The largest absolute Gasteiger partial charge is 0.461 e. The number of halogens is 2. The first-order valence-electron chi connectivity index (χ1n) is 5.39. The Morgan fingerprint density at radius 1 is 1.17 bits per heavy atom. The van der Waals surface area contributed by atoms with Crippen LogP contribution in [0.5, 0.6) is 6.01 Å². The van der Waals surface area contributed by atoms with Crippen molar-refractivity contribution in [3.63, 3.8) is 0 Å². The molecule has 1 aromatic heterocycles. The molecule has 2 aromatic rings. The van der Waals surface area contributed by atoms with Gasteiger partial charge in [-0.25, -0.2) is 4.39 Å². The number of aromatic nitrogens is 3. The van der Waals surface area contributed by atoms with Crippen LogP contribution in [0.3, 0.4) is 0 Å². The van der Waals surface area contributed by atoms with Crippen LogP contribution in [-0.2, 0) is 0 Å². The Balaban J connectivity index is 2.45. The molecule has 0 fully saturated rings. The van der Waals surface area contributed by atoms with Crippen molar-refractivity contribution < 1.29 is 9.13 Å². The molecule has 6 heteroatoms. The smallest absolute Gasteiger partial charge is 0.321 e. The molecule has 0 aliphatic rings. The van der Waals surface area contributed by atoms with Crippen molar-refractivity contribution in [3.05, 3.63) is 35.4 Å². The minimum Gasteiger partial charge on any atom is -0.461 e. The fourth-order valence-electron chi connectivity index (χ4n) is 1.36. The SMILES string of the molecule is CC(C)Oc1nc(Cl)nc(-c2ccccc2F)n1. The van der Waals surface area contributed by atoms with Gasteiger partial charge in [0.05, 0.1) is 11.7 Å². The predicted octanol–water partition coefficient (Wildman–Crippen LogP) is 3.12. The highest BCUT2D eigenvalue weighted by Crippen LogP contribution is 2.21. The summed E-state index contributed by atoms with van der Waals surface area (Å²) in [4.78, 5) is 11.8. The monoisotopic (exact) mass is 267 g/mol. The van der Waals surface area contributed by atoms with Crippen molar-refractivity contribution in [2.75, 3.05) is 0 Å². The molecule has 2 rings (SSSR count). The number of nitrogens with zero attached hydrogens (tertiary/aromatic N) is 3. The number of ether oxygens (including phenoxy) is 1. The van der Waals surface area contributed by atoms with Crippen LogP contribution < -0.4 is 4.74 Å². The zero-order valence-corrected chi connectivity index (χ0v) is 10.6. The van der Waals surface area contributed by atoms with Gasteiger partial charge in [-0.2, -0.15) is 15.0 Å². The van der Waals surface area contributed by atoms with E-state index >= 15 is 0 Å². The first kappa shape index (κ1) is 12.7. The van der Waals surface area contributed by atoms with Gasteiger partial charge in [-0.05, 0) is 37.6 Å². The van der Waals surface area contributed by atoms with Crippen LogP contribution in [0.1, 0.15) is 13.8 Å². The van der Waals surface area contributed by atoms with Crippen LogP contribution in [-0.4, -0.2) is 21.1 Å². The molecular weight excluding hydrogens is 257 g/mol. The Morgan fingerprint density at radius 3 is 2.56 bits per heavy atom. The number of hydrogen-bond donors (Lipinski definition) is 0. The Kier molecular flexibility index (Phi) is 3.72. The first-order valence-corrected chi connectivity index (χ1v) is 5.77. The van der Waals surface area contributed by atoms with Gasteiger partial charge in [-0.3, -0.25) is 0 Å². The Labute approximate surface area is 109 Å². The summed E-state index contributed by atoms with van der Waals surface area (Å²) in [5.41, 5.74) is 0.260. The molecule has 0 bridgehead atoms. The second-order valence-electron chi connectivity index (χ2n) is 3.86. The van der Waals surface area contributed by atoms with E-state index in [1.807, 2.05) is 13.8 Å². The molecule has 0 saturated carbocycles. The molecule has 0 spiro atoms. The number of hydrogen-bond acceptors (Lipinski definition) is 4. The number of benzene rings is 1. The summed E-state index contributed by atoms with van der Waals surface area (Å²) in [6, 6.07) is 6.27. The lowest BCUT2D eigenvalue weighted by molar-refractivity contribution is 0.222. The highest BCUT2D eigenvalue weighted by molar-refractivity contribution is 6.28. The summed E-state index contributed by atoms with van der Waals surface area (Å²) in [6.07, 6.45) is -0.100. The molecule has 4 nitrogen and oxygen atoms in total. The van der Waals surface area contributed by atoms with Crippen molar-refractivity contribution in [1.29, 1.82) is 0 Å². The molecule has 0 unspecified atom stereocenters. The maximum Gasteiger partial charge on any atom is 0.321 e. The van der Waals surface area contributed by atoms with E-state index in [-0.39, 0.29) is 28.8 Å². The average molecular weight is 268 g/mol. The molecular formula is C12H11ClFN3O. The molecule has 18 heavy (non-hydrogen) atoms. The molecule has 0 atom stereocenters. The summed E-state index contributed by atoms with van der Waals surface area (Å²) in [6.45, 7) is 3.67. The topological polar surface area (TPSA) is 47.9 Å². The molecule has 0 aliphatic heterocycles. The van der Waals surface area contributed by atoms with Crippen molar-refractivity contribution in [3.8, 4) is 17.4 Å². The lowest BCUT2D eigenvalue weighted by Gasteiger charge is -2.09. The van der Waals surface area contributed by atoms with E-state index in [4.69, 9.17) is 16.3 Å². The minimum atomic E-state index is -0.421. The van der Waals surface area contributed by atoms with Gasteiger partial charge in [0.25, 0.3) is 0 Å². The highest BCUT2D eigenvalue weighted by Gasteiger charge is 2.12. The van der Waals surface area contributed by atoms with E-state index in [0.29, 0.717) is 0 Å². The molecule has 94 valence electrons. The van der Waals surface area contributed by atoms with Crippen molar-refractivity contribution in [2.24, 2.45) is 0 Å². The lowest BCUT2D eigenvalue weighted by Crippen LogP contribution is -2.09. The van der Waals surface area contributed by atoms with Crippen LogP contribution in [0.4, 0.5) is 4.39 Å². The van der Waals surface area contributed by atoms with Gasteiger partial charge in [0, 0.05) is 0 Å². The number of rotatable bonds is 3. The maximum atomic E-state index is 13.6. The van der Waals surface area contributed by atoms with Crippen LogP contribution in [0.15, 0.2) is 24.3 Å². The van der Waals surface area contributed by atoms with Crippen molar-refractivity contribution in [2.45, 2.75) is 20.0 Å². The summed E-state index contributed by atoms with van der Waals surface area (Å²) in [5, 5.41) is -0.0288. The Morgan fingerprint density at radius 2 is 1.89 bits per heavy atom. The molecule has 1 heterocycles. The lowest BCUT2D eigenvalue weighted by atomic mass is 10.2. The van der Waals surface area contributed by atoms with Crippen LogP contribution in [0, 0.1) is 5.82 Å². The average Bonchev–Trinajstić information content (AvgIpc) is 2.27. The van der Waals surface area contributed by atoms with Gasteiger partial charge < -0.3 is 4.74 Å². The van der Waals surface area contributed by atoms with Crippen LogP contribution >= 0.6 is 11.6 Å². The quantitative estimate of drug-likeness (QED) is 0.857. The molecule has 1 aromatic carbocycles. The molecule has 0 N–H and O–H groups in total. The van der Waals surface area contributed by atoms with Gasteiger partial charge in [0.15, 0.2) is 5.82 Å². The zero-order chi connectivity index (χ0) is 13.1. The first-order chi connectivity index (χ1) is 8.56. The van der Waals surface area contributed by atoms with E-state index in [9.17, 15) is 4.39 Å². The molecule has 0 radical (unpaired) electrons. The van der Waals surface area contributed by atoms with E-state index < -0.39 is 5.82 Å². The third-order valence-electron chi connectivity index (χ3n) is 2.04. The van der Waals surface area contributed by atoms with Crippen molar-refractivity contribution in [1.82, 2.24) is 15.0 Å². The fourth-order valence-corrected chi connectivity index (χ4v) is 1.51. The van der Waals surface area contributed by atoms with Gasteiger partial charge in [-0.1, -0.05) is 12.1 Å². The second-order valence-corrected chi connectivity index (χ2v) is 4.20. The van der Waals surface area contributed by atoms with Crippen molar-refractivity contribution >= 4 is 11.6 Å². The summed E-state index contributed by atoms with van der Waals surface area (Å²) >= 11 is 5.77.